The molecule has 10 heteroatoms. The topological polar surface area (TPSA) is 118 Å². The van der Waals surface area contributed by atoms with E-state index in [1.807, 2.05) is 18.2 Å². The zero-order chi connectivity index (χ0) is 21.3. The molecule has 1 unspecified atom stereocenters. The molecule has 4 rings (SSSR count). The number of fused-ring (bicyclic) bond motifs is 1. The van der Waals surface area contributed by atoms with Crippen molar-refractivity contribution in [3.8, 4) is 0 Å². The van der Waals surface area contributed by atoms with E-state index in [0.717, 1.165) is 5.56 Å². The maximum absolute atomic E-state index is 12.9. The second kappa shape index (κ2) is 8.29. The Bertz CT molecular complexity index is 1210. The Morgan fingerprint density at radius 2 is 2.00 bits per heavy atom. The summed E-state index contributed by atoms with van der Waals surface area (Å²) in [5, 5.41) is 14.7. The van der Waals surface area contributed by atoms with Crippen molar-refractivity contribution in [1.29, 1.82) is 0 Å². The molecule has 0 spiro atoms. The quantitative estimate of drug-likeness (QED) is 0.266. The zero-order valence-electron chi connectivity index (χ0n) is 15.4. The van der Waals surface area contributed by atoms with Gasteiger partial charge < -0.3 is 10.3 Å². The number of rotatable bonds is 5. The second-order valence-corrected chi connectivity index (χ2v) is 8.04. The lowest BCUT2D eigenvalue weighted by molar-refractivity contribution is -0.384. The number of carbonyl (C=O) groups excluding carboxylic acids is 1. The smallest absolute Gasteiger partial charge is 0.269 e. The van der Waals surface area contributed by atoms with Gasteiger partial charge in [0.05, 0.1) is 10.5 Å². The minimum Gasteiger partial charge on any atom is -0.310 e. The normalized spacial score (nSPS) is 15.4. The average molecular weight is 443 g/mol. The molecule has 1 aromatic heterocycles. The van der Waals surface area contributed by atoms with E-state index in [1.165, 1.54) is 30.0 Å². The number of amides is 1. The minimum atomic E-state index is -0.618. The van der Waals surface area contributed by atoms with Gasteiger partial charge in [-0.05, 0) is 17.2 Å². The van der Waals surface area contributed by atoms with E-state index in [-0.39, 0.29) is 29.4 Å². The first kappa shape index (κ1) is 20.1. The molecule has 1 aliphatic heterocycles. The number of benzene rings is 2. The van der Waals surface area contributed by atoms with Crippen LogP contribution in [0.4, 0.5) is 11.5 Å². The standard InChI is InChI=1S/C20H15ClN4O4S/c21-15-7-2-1-4-12(15)10-30-20-23-18-17(19(27)24-20)14(9-16(26)22-18)11-5-3-6-13(8-11)25(28)29/h1-8,14H,9-10H2,(H2,22,23,24,26,27). The van der Waals surface area contributed by atoms with Gasteiger partial charge in [0.1, 0.15) is 5.82 Å². The van der Waals surface area contributed by atoms with E-state index < -0.39 is 16.4 Å². The molecule has 2 aromatic carbocycles. The number of carbonyl (C=O) groups is 1. The predicted molar refractivity (Wildman–Crippen MR) is 114 cm³/mol. The molecule has 1 amide bonds. The van der Waals surface area contributed by atoms with Crippen molar-refractivity contribution < 1.29 is 9.72 Å². The van der Waals surface area contributed by atoms with Crippen LogP contribution in [0.1, 0.15) is 29.0 Å². The van der Waals surface area contributed by atoms with E-state index in [2.05, 4.69) is 15.3 Å². The van der Waals surface area contributed by atoms with E-state index in [1.54, 1.807) is 12.1 Å². The van der Waals surface area contributed by atoms with Crippen molar-refractivity contribution >= 4 is 40.8 Å². The highest BCUT2D eigenvalue weighted by atomic mass is 35.5. The van der Waals surface area contributed by atoms with Gasteiger partial charge in [0, 0.05) is 35.2 Å². The van der Waals surface area contributed by atoms with Crippen LogP contribution in [0.3, 0.4) is 0 Å². The van der Waals surface area contributed by atoms with E-state index in [0.29, 0.717) is 21.5 Å². The maximum Gasteiger partial charge on any atom is 0.269 e. The Morgan fingerprint density at radius 1 is 1.20 bits per heavy atom. The van der Waals surface area contributed by atoms with Gasteiger partial charge in [-0.15, -0.1) is 0 Å². The van der Waals surface area contributed by atoms with Crippen LogP contribution in [0.25, 0.3) is 0 Å². The number of anilines is 1. The highest BCUT2D eigenvalue weighted by molar-refractivity contribution is 7.98. The van der Waals surface area contributed by atoms with E-state index >= 15 is 0 Å². The third-order valence-corrected chi connectivity index (χ3v) is 6.03. The van der Waals surface area contributed by atoms with Crippen LogP contribution in [-0.2, 0) is 10.5 Å². The molecule has 0 aliphatic carbocycles. The lowest BCUT2D eigenvalue weighted by atomic mass is 9.86. The summed E-state index contributed by atoms with van der Waals surface area (Å²) in [5.41, 5.74) is 1.21. The highest BCUT2D eigenvalue weighted by Gasteiger charge is 2.31. The number of nitro benzene ring substituents is 1. The van der Waals surface area contributed by atoms with Gasteiger partial charge in [0.25, 0.3) is 11.2 Å². The number of H-pyrrole nitrogens is 1. The number of hydrogen-bond donors (Lipinski definition) is 2. The van der Waals surface area contributed by atoms with Crippen molar-refractivity contribution in [3.05, 3.63) is 90.7 Å². The lowest BCUT2D eigenvalue weighted by Crippen LogP contribution is -2.31. The summed E-state index contributed by atoms with van der Waals surface area (Å²) in [7, 11) is 0. The molecule has 0 saturated carbocycles. The lowest BCUT2D eigenvalue weighted by Gasteiger charge is -2.24. The summed E-state index contributed by atoms with van der Waals surface area (Å²) in [6.07, 6.45) is 0.00500. The van der Waals surface area contributed by atoms with Crippen LogP contribution in [0, 0.1) is 10.1 Å². The number of halogens is 1. The average Bonchev–Trinajstić information content (AvgIpc) is 2.72. The van der Waals surface area contributed by atoms with Crippen LogP contribution < -0.4 is 10.9 Å². The number of nitrogens with zero attached hydrogens (tertiary/aromatic N) is 2. The molecule has 3 aromatic rings. The molecule has 30 heavy (non-hydrogen) atoms. The van der Waals surface area contributed by atoms with Gasteiger partial charge in [0.15, 0.2) is 5.16 Å². The summed E-state index contributed by atoms with van der Waals surface area (Å²) in [6, 6.07) is 13.3. The van der Waals surface area contributed by atoms with Gasteiger partial charge in [-0.25, -0.2) is 4.98 Å². The van der Waals surface area contributed by atoms with E-state index in [4.69, 9.17) is 11.6 Å². The highest BCUT2D eigenvalue weighted by Crippen LogP contribution is 2.36. The Morgan fingerprint density at radius 3 is 2.77 bits per heavy atom. The fourth-order valence-electron chi connectivity index (χ4n) is 3.32. The van der Waals surface area contributed by atoms with Crippen molar-refractivity contribution in [3.63, 3.8) is 0 Å². The Hall–Kier alpha value is -3.17. The predicted octanol–water partition coefficient (Wildman–Crippen LogP) is 4.10. The fourth-order valence-corrected chi connectivity index (χ4v) is 4.47. The van der Waals surface area contributed by atoms with Crippen LogP contribution in [-0.4, -0.2) is 20.8 Å². The van der Waals surface area contributed by atoms with Crippen molar-refractivity contribution in [2.45, 2.75) is 23.2 Å². The molecule has 2 heterocycles. The summed E-state index contributed by atoms with van der Waals surface area (Å²) in [4.78, 5) is 42.8. The number of hydrogen-bond acceptors (Lipinski definition) is 6. The van der Waals surface area contributed by atoms with Gasteiger partial charge in [-0.3, -0.25) is 19.7 Å². The van der Waals surface area contributed by atoms with Gasteiger partial charge >= 0.3 is 0 Å². The van der Waals surface area contributed by atoms with Crippen LogP contribution >= 0.6 is 23.4 Å². The number of non-ortho nitro benzene ring substituents is 1. The summed E-state index contributed by atoms with van der Waals surface area (Å²) < 4.78 is 0. The fraction of sp³-hybridized carbons (Fsp3) is 0.150. The third-order valence-electron chi connectivity index (χ3n) is 4.73. The molecule has 152 valence electrons. The molecule has 2 N–H and O–H groups in total. The summed E-state index contributed by atoms with van der Waals surface area (Å²) >= 11 is 7.46. The van der Waals surface area contributed by atoms with Crippen LogP contribution in [0.15, 0.2) is 58.5 Å². The van der Waals surface area contributed by atoms with Gasteiger partial charge in [-0.2, -0.15) is 0 Å². The second-order valence-electron chi connectivity index (χ2n) is 6.67. The van der Waals surface area contributed by atoms with Gasteiger partial charge in [0.2, 0.25) is 5.91 Å². The van der Waals surface area contributed by atoms with Crippen molar-refractivity contribution in [2.24, 2.45) is 0 Å². The first-order valence-electron chi connectivity index (χ1n) is 8.97. The molecule has 0 saturated heterocycles. The SMILES string of the molecule is O=C1CC(c2cccc([N+](=O)[O-])c2)c2c(nc(SCc3ccccc3Cl)[nH]c2=O)N1. The number of thioether (sulfide) groups is 1. The minimum absolute atomic E-state index is 0.00500. The number of nitrogens with one attached hydrogen (secondary N) is 2. The third kappa shape index (κ3) is 4.07. The molecule has 1 aliphatic rings. The maximum atomic E-state index is 12.9. The van der Waals surface area contributed by atoms with Crippen molar-refractivity contribution in [1.82, 2.24) is 9.97 Å². The number of nitro groups is 1. The van der Waals surface area contributed by atoms with E-state index in [9.17, 15) is 19.7 Å². The monoisotopic (exact) mass is 442 g/mol. The number of aromatic amines is 1. The summed E-state index contributed by atoms with van der Waals surface area (Å²) in [6.45, 7) is 0. The molecule has 0 bridgehead atoms. The Balaban J connectivity index is 1.68. The molecule has 0 radical (unpaired) electrons. The molecular weight excluding hydrogens is 428 g/mol. The summed E-state index contributed by atoms with van der Waals surface area (Å²) in [5.74, 6) is -0.260. The Kier molecular flexibility index (Phi) is 5.56. The molecule has 8 nitrogen and oxygen atoms in total. The zero-order valence-corrected chi connectivity index (χ0v) is 17.0. The molecule has 1 atom stereocenters. The Labute approximate surface area is 179 Å². The molecular formula is C20H15ClN4O4S. The first-order chi connectivity index (χ1) is 14.4. The first-order valence-corrected chi connectivity index (χ1v) is 10.3. The van der Waals surface area contributed by atoms with Gasteiger partial charge in [-0.1, -0.05) is 53.7 Å². The largest absolute Gasteiger partial charge is 0.310 e. The molecule has 0 fully saturated rings. The van der Waals surface area contributed by atoms with Crippen LogP contribution in [0.5, 0.6) is 0 Å². The number of aromatic nitrogens is 2. The van der Waals surface area contributed by atoms with Crippen molar-refractivity contribution in [2.75, 3.05) is 5.32 Å². The van der Waals surface area contributed by atoms with Crippen LogP contribution in [0.2, 0.25) is 5.02 Å².